The predicted octanol–water partition coefficient (Wildman–Crippen LogP) is 0.892. The summed E-state index contributed by atoms with van der Waals surface area (Å²) in [6.07, 6.45) is 4.17. The van der Waals surface area contributed by atoms with Gasteiger partial charge in [0.2, 0.25) is 0 Å². The Morgan fingerprint density at radius 3 is 2.75 bits per heavy atom. The summed E-state index contributed by atoms with van der Waals surface area (Å²) in [7, 11) is 6.18. The monoisotopic (exact) mass is 224 g/mol. The molecule has 0 spiro atoms. The Balaban J connectivity index is 2.48. The third-order valence-electron chi connectivity index (χ3n) is 2.49. The number of aryl methyl sites for hydroxylation is 1. The van der Waals surface area contributed by atoms with Gasteiger partial charge in [-0.1, -0.05) is 6.92 Å². The van der Waals surface area contributed by atoms with E-state index in [1.54, 1.807) is 0 Å². The molecule has 1 unspecified atom stereocenters. The van der Waals surface area contributed by atoms with E-state index in [4.69, 9.17) is 0 Å². The molecule has 0 aliphatic carbocycles. The maximum atomic E-state index is 4.42. The van der Waals surface area contributed by atoms with Gasteiger partial charge in [-0.2, -0.15) is 5.10 Å². The van der Waals surface area contributed by atoms with Crippen LogP contribution in [0.4, 0.5) is 0 Å². The molecule has 1 rings (SSSR count). The average molecular weight is 224 g/mol. The molecule has 1 N–H and O–H groups in total. The number of likely N-dealkylation sites (N-methyl/N-ethyl adjacent to an activating group) is 1. The van der Waals surface area contributed by atoms with E-state index in [1.165, 1.54) is 6.42 Å². The third-order valence-corrected chi connectivity index (χ3v) is 2.49. The van der Waals surface area contributed by atoms with Crippen molar-refractivity contribution < 1.29 is 0 Å². The number of rotatable bonds is 7. The zero-order valence-corrected chi connectivity index (χ0v) is 10.9. The molecule has 4 heteroatoms. The van der Waals surface area contributed by atoms with Crippen LogP contribution in [-0.2, 0) is 13.5 Å². The van der Waals surface area contributed by atoms with Gasteiger partial charge in [0.25, 0.3) is 0 Å². The molecular formula is C12H24N4. The second-order valence-corrected chi connectivity index (χ2v) is 4.60. The van der Waals surface area contributed by atoms with E-state index in [0.29, 0.717) is 6.04 Å². The van der Waals surface area contributed by atoms with Crippen molar-refractivity contribution in [3.63, 3.8) is 0 Å². The van der Waals surface area contributed by atoms with Gasteiger partial charge in [-0.25, -0.2) is 0 Å². The molecule has 1 atom stereocenters. The number of nitrogens with one attached hydrogen (secondary N) is 1. The topological polar surface area (TPSA) is 33.1 Å². The number of aromatic nitrogens is 2. The molecule has 0 amide bonds. The average Bonchev–Trinajstić information content (AvgIpc) is 2.59. The lowest BCUT2D eigenvalue weighted by Crippen LogP contribution is -2.40. The fourth-order valence-corrected chi connectivity index (χ4v) is 1.81. The van der Waals surface area contributed by atoms with E-state index < -0.39 is 0 Å². The summed E-state index contributed by atoms with van der Waals surface area (Å²) >= 11 is 0. The summed E-state index contributed by atoms with van der Waals surface area (Å²) in [5, 5.41) is 7.99. The van der Waals surface area contributed by atoms with E-state index in [0.717, 1.165) is 25.2 Å². The summed E-state index contributed by atoms with van der Waals surface area (Å²) in [4.78, 5) is 2.22. The van der Waals surface area contributed by atoms with Crippen LogP contribution in [0.25, 0.3) is 0 Å². The SMILES string of the molecule is CCCNC(Cc1ccn(C)n1)CN(C)C. The molecule has 1 aromatic heterocycles. The first-order valence-corrected chi connectivity index (χ1v) is 5.98. The van der Waals surface area contributed by atoms with Crippen LogP contribution in [-0.4, -0.2) is 47.9 Å². The molecule has 16 heavy (non-hydrogen) atoms. The van der Waals surface area contributed by atoms with Crippen molar-refractivity contribution in [3.05, 3.63) is 18.0 Å². The summed E-state index contributed by atoms with van der Waals surface area (Å²) < 4.78 is 1.86. The van der Waals surface area contributed by atoms with Gasteiger partial charge in [-0.05, 0) is 33.1 Å². The molecular weight excluding hydrogens is 200 g/mol. The molecule has 0 saturated heterocycles. The normalized spacial score (nSPS) is 13.3. The second-order valence-electron chi connectivity index (χ2n) is 4.60. The highest BCUT2D eigenvalue weighted by atomic mass is 15.2. The molecule has 1 heterocycles. The predicted molar refractivity (Wildman–Crippen MR) is 67.5 cm³/mol. The van der Waals surface area contributed by atoms with Gasteiger partial charge in [0.05, 0.1) is 5.69 Å². The minimum absolute atomic E-state index is 0.491. The zero-order chi connectivity index (χ0) is 12.0. The minimum atomic E-state index is 0.491. The van der Waals surface area contributed by atoms with Gasteiger partial charge in [0.1, 0.15) is 0 Å². The first-order chi connectivity index (χ1) is 7.61. The van der Waals surface area contributed by atoms with E-state index in [9.17, 15) is 0 Å². The van der Waals surface area contributed by atoms with Crippen molar-refractivity contribution in [1.82, 2.24) is 20.0 Å². The van der Waals surface area contributed by atoms with E-state index in [2.05, 4.69) is 42.4 Å². The van der Waals surface area contributed by atoms with E-state index >= 15 is 0 Å². The maximum absolute atomic E-state index is 4.42. The van der Waals surface area contributed by atoms with Crippen LogP contribution in [0.3, 0.4) is 0 Å². The summed E-state index contributed by atoms with van der Waals surface area (Å²) in [5.74, 6) is 0. The number of hydrogen-bond acceptors (Lipinski definition) is 3. The fraction of sp³-hybridized carbons (Fsp3) is 0.750. The standard InChI is InChI=1S/C12H24N4/c1-5-7-13-12(10-15(2)3)9-11-6-8-16(4)14-11/h6,8,12-13H,5,7,9-10H2,1-4H3. The second kappa shape index (κ2) is 6.66. The summed E-state index contributed by atoms with van der Waals surface area (Å²) in [6.45, 7) is 4.32. The molecule has 0 aromatic carbocycles. The Morgan fingerprint density at radius 2 is 2.25 bits per heavy atom. The molecule has 4 nitrogen and oxygen atoms in total. The fourth-order valence-electron chi connectivity index (χ4n) is 1.81. The maximum Gasteiger partial charge on any atom is 0.0640 e. The summed E-state index contributed by atoms with van der Waals surface area (Å²) in [6, 6.07) is 2.58. The van der Waals surface area contributed by atoms with Gasteiger partial charge in [0.15, 0.2) is 0 Å². The first kappa shape index (κ1) is 13.2. The van der Waals surface area contributed by atoms with Crippen molar-refractivity contribution in [3.8, 4) is 0 Å². The molecule has 0 aliphatic heterocycles. The molecule has 0 fully saturated rings. The lowest BCUT2D eigenvalue weighted by Gasteiger charge is -2.21. The minimum Gasteiger partial charge on any atom is -0.312 e. The van der Waals surface area contributed by atoms with Crippen LogP contribution < -0.4 is 5.32 Å². The molecule has 1 aromatic rings. The van der Waals surface area contributed by atoms with Gasteiger partial charge in [0, 0.05) is 32.3 Å². The quantitative estimate of drug-likeness (QED) is 0.747. The van der Waals surface area contributed by atoms with Crippen LogP contribution in [0.15, 0.2) is 12.3 Å². The van der Waals surface area contributed by atoms with Crippen LogP contribution in [0, 0.1) is 0 Å². The van der Waals surface area contributed by atoms with Crippen molar-refractivity contribution in [2.24, 2.45) is 7.05 Å². The highest BCUT2D eigenvalue weighted by Gasteiger charge is 2.11. The molecule has 0 aliphatic rings. The van der Waals surface area contributed by atoms with Crippen LogP contribution in [0.1, 0.15) is 19.0 Å². The van der Waals surface area contributed by atoms with Gasteiger partial charge < -0.3 is 10.2 Å². The van der Waals surface area contributed by atoms with Crippen LogP contribution in [0.5, 0.6) is 0 Å². The summed E-state index contributed by atoms with van der Waals surface area (Å²) in [5.41, 5.74) is 1.16. The third kappa shape index (κ3) is 4.77. The largest absolute Gasteiger partial charge is 0.312 e. The van der Waals surface area contributed by atoms with E-state index in [-0.39, 0.29) is 0 Å². The number of nitrogens with zero attached hydrogens (tertiary/aromatic N) is 3. The smallest absolute Gasteiger partial charge is 0.0640 e. The van der Waals surface area contributed by atoms with Gasteiger partial charge >= 0.3 is 0 Å². The van der Waals surface area contributed by atoms with Gasteiger partial charge in [-0.3, -0.25) is 4.68 Å². The Morgan fingerprint density at radius 1 is 1.50 bits per heavy atom. The van der Waals surface area contributed by atoms with Gasteiger partial charge in [-0.15, -0.1) is 0 Å². The van der Waals surface area contributed by atoms with Crippen molar-refractivity contribution in [2.45, 2.75) is 25.8 Å². The molecule has 0 saturated carbocycles. The number of hydrogen-bond donors (Lipinski definition) is 1. The van der Waals surface area contributed by atoms with Crippen molar-refractivity contribution >= 4 is 0 Å². The van der Waals surface area contributed by atoms with Crippen molar-refractivity contribution in [2.75, 3.05) is 27.2 Å². The lowest BCUT2D eigenvalue weighted by atomic mass is 10.1. The highest BCUT2D eigenvalue weighted by Crippen LogP contribution is 2.01. The molecule has 0 radical (unpaired) electrons. The zero-order valence-electron chi connectivity index (χ0n) is 10.9. The molecule has 0 bridgehead atoms. The Hall–Kier alpha value is -0.870. The van der Waals surface area contributed by atoms with Crippen LogP contribution in [0.2, 0.25) is 0 Å². The first-order valence-electron chi connectivity index (χ1n) is 5.98. The Bertz CT molecular complexity index is 293. The Kier molecular flexibility index (Phi) is 5.49. The Labute approximate surface area is 98.6 Å². The van der Waals surface area contributed by atoms with Crippen molar-refractivity contribution in [1.29, 1.82) is 0 Å². The van der Waals surface area contributed by atoms with Crippen LogP contribution >= 0.6 is 0 Å². The van der Waals surface area contributed by atoms with E-state index in [1.807, 2.05) is 17.9 Å². The molecule has 92 valence electrons. The highest BCUT2D eigenvalue weighted by molar-refractivity contribution is 5.01. The lowest BCUT2D eigenvalue weighted by molar-refractivity contribution is 0.334.